The molecule has 3 heteroatoms. The van der Waals surface area contributed by atoms with Gasteiger partial charge in [-0.3, -0.25) is 4.90 Å². The van der Waals surface area contributed by atoms with Crippen molar-refractivity contribution < 1.29 is 4.74 Å². The van der Waals surface area contributed by atoms with Gasteiger partial charge in [-0.05, 0) is 32.9 Å². The zero-order valence-electron chi connectivity index (χ0n) is 9.59. The summed E-state index contributed by atoms with van der Waals surface area (Å²) in [7, 11) is 2.03. The molecule has 1 aliphatic heterocycles. The molecule has 1 atom stereocenters. The second-order valence-electron chi connectivity index (χ2n) is 4.00. The third-order valence-corrected chi connectivity index (χ3v) is 2.81. The van der Waals surface area contributed by atoms with Gasteiger partial charge in [0.2, 0.25) is 0 Å². The lowest BCUT2D eigenvalue weighted by Crippen LogP contribution is -2.38. The van der Waals surface area contributed by atoms with E-state index in [9.17, 15) is 0 Å². The molecule has 0 spiro atoms. The van der Waals surface area contributed by atoms with Crippen molar-refractivity contribution in [2.45, 2.75) is 32.2 Å². The minimum Gasteiger partial charge on any atom is -0.380 e. The van der Waals surface area contributed by atoms with Crippen LogP contribution in [0.3, 0.4) is 0 Å². The van der Waals surface area contributed by atoms with Gasteiger partial charge in [0.05, 0.1) is 6.61 Å². The van der Waals surface area contributed by atoms with Crippen molar-refractivity contribution in [1.82, 2.24) is 10.2 Å². The van der Waals surface area contributed by atoms with Gasteiger partial charge in [0.25, 0.3) is 0 Å². The first-order chi connectivity index (χ1) is 6.88. The van der Waals surface area contributed by atoms with Crippen molar-refractivity contribution in [3.05, 3.63) is 0 Å². The van der Waals surface area contributed by atoms with Crippen LogP contribution in [0.1, 0.15) is 26.2 Å². The summed E-state index contributed by atoms with van der Waals surface area (Å²) in [5.74, 6) is 0. The first kappa shape index (κ1) is 12.0. The molecule has 14 heavy (non-hydrogen) atoms. The summed E-state index contributed by atoms with van der Waals surface area (Å²) in [6.45, 7) is 7.43. The van der Waals surface area contributed by atoms with E-state index in [1.54, 1.807) is 0 Å². The van der Waals surface area contributed by atoms with E-state index in [1.807, 2.05) is 7.05 Å². The van der Waals surface area contributed by atoms with E-state index in [0.717, 1.165) is 38.8 Å². The lowest BCUT2D eigenvalue weighted by molar-refractivity contribution is 0.0998. The number of likely N-dealkylation sites (tertiary alicyclic amines) is 1. The Hall–Kier alpha value is -0.120. The van der Waals surface area contributed by atoms with Crippen LogP contribution in [0, 0.1) is 0 Å². The van der Waals surface area contributed by atoms with E-state index >= 15 is 0 Å². The molecule has 0 amide bonds. The average Bonchev–Trinajstić information content (AvgIpc) is 2.61. The Morgan fingerprint density at radius 2 is 2.29 bits per heavy atom. The van der Waals surface area contributed by atoms with Crippen LogP contribution in [0.15, 0.2) is 0 Å². The Labute approximate surface area is 87.8 Å². The van der Waals surface area contributed by atoms with Crippen LogP contribution < -0.4 is 5.32 Å². The van der Waals surface area contributed by atoms with E-state index < -0.39 is 0 Å². The van der Waals surface area contributed by atoms with Crippen molar-refractivity contribution >= 4 is 0 Å². The molecule has 1 rings (SSSR count). The number of rotatable bonds is 7. The van der Waals surface area contributed by atoms with Crippen molar-refractivity contribution in [2.24, 2.45) is 0 Å². The standard InChI is InChI=1S/C11H24N2O/c1-3-8-14-9-7-13-6-4-5-11(13)10-12-2/h11-12H,3-10H2,1-2H3. The van der Waals surface area contributed by atoms with Gasteiger partial charge in [-0.15, -0.1) is 0 Å². The minimum atomic E-state index is 0.741. The molecule has 1 fully saturated rings. The number of likely N-dealkylation sites (N-methyl/N-ethyl adjacent to an activating group) is 1. The third kappa shape index (κ3) is 3.95. The predicted molar refractivity (Wildman–Crippen MR) is 59.6 cm³/mol. The highest BCUT2D eigenvalue weighted by Crippen LogP contribution is 2.15. The summed E-state index contributed by atoms with van der Waals surface area (Å²) in [4.78, 5) is 2.55. The fourth-order valence-electron chi connectivity index (χ4n) is 2.08. The summed E-state index contributed by atoms with van der Waals surface area (Å²) >= 11 is 0. The van der Waals surface area contributed by atoms with Gasteiger partial charge in [0.1, 0.15) is 0 Å². The molecule has 3 nitrogen and oxygen atoms in total. The number of hydrogen-bond acceptors (Lipinski definition) is 3. The maximum absolute atomic E-state index is 5.51. The second kappa shape index (κ2) is 7.21. The average molecular weight is 200 g/mol. The van der Waals surface area contributed by atoms with Gasteiger partial charge >= 0.3 is 0 Å². The van der Waals surface area contributed by atoms with E-state index in [1.165, 1.54) is 19.4 Å². The zero-order valence-corrected chi connectivity index (χ0v) is 9.59. The monoisotopic (exact) mass is 200 g/mol. The normalized spacial score (nSPS) is 23.1. The minimum absolute atomic E-state index is 0.741. The van der Waals surface area contributed by atoms with E-state index in [-0.39, 0.29) is 0 Å². The molecular weight excluding hydrogens is 176 g/mol. The number of ether oxygens (including phenoxy) is 1. The SMILES string of the molecule is CCCOCCN1CCCC1CNC. The van der Waals surface area contributed by atoms with Crippen LogP contribution in [-0.2, 0) is 4.74 Å². The lowest BCUT2D eigenvalue weighted by atomic mass is 10.2. The molecule has 0 aliphatic carbocycles. The summed E-state index contributed by atoms with van der Waals surface area (Å²) < 4.78 is 5.51. The predicted octanol–water partition coefficient (Wildman–Crippen LogP) is 1.10. The van der Waals surface area contributed by atoms with Crippen LogP contribution in [0.4, 0.5) is 0 Å². The zero-order chi connectivity index (χ0) is 10.2. The molecule has 0 saturated carbocycles. The van der Waals surface area contributed by atoms with Gasteiger partial charge in [-0.2, -0.15) is 0 Å². The van der Waals surface area contributed by atoms with Crippen molar-refractivity contribution in [3.8, 4) is 0 Å². The number of nitrogens with zero attached hydrogens (tertiary/aromatic N) is 1. The Morgan fingerprint density at radius 1 is 1.43 bits per heavy atom. The van der Waals surface area contributed by atoms with E-state index in [0.29, 0.717) is 0 Å². The molecule has 1 heterocycles. The first-order valence-electron chi connectivity index (χ1n) is 5.85. The molecule has 0 radical (unpaired) electrons. The van der Waals surface area contributed by atoms with Gasteiger partial charge in [-0.1, -0.05) is 6.92 Å². The summed E-state index contributed by atoms with van der Waals surface area (Å²) in [5.41, 5.74) is 0. The molecule has 1 aliphatic rings. The van der Waals surface area contributed by atoms with Crippen LogP contribution in [0.25, 0.3) is 0 Å². The fourth-order valence-corrected chi connectivity index (χ4v) is 2.08. The summed E-state index contributed by atoms with van der Waals surface area (Å²) in [6, 6.07) is 0.741. The fraction of sp³-hybridized carbons (Fsp3) is 1.00. The molecule has 0 bridgehead atoms. The molecular formula is C11H24N2O. The van der Waals surface area contributed by atoms with Crippen LogP contribution >= 0.6 is 0 Å². The number of hydrogen-bond donors (Lipinski definition) is 1. The van der Waals surface area contributed by atoms with Crippen molar-refractivity contribution in [2.75, 3.05) is 39.9 Å². The maximum atomic E-state index is 5.51. The van der Waals surface area contributed by atoms with Crippen LogP contribution in [-0.4, -0.2) is 50.8 Å². The molecule has 1 unspecified atom stereocenters. The van der Waals surface area contributed by atoms with Crippen LogP contribution in [0.5, 0.6) is 0 Å². The molecule has 0 aromatic rings. The third-order valence-electron chi connectivity index (χ3n) is 2.81. The Kier molecular flexibility index (Phi) is 6.15. The second-order valence-corrected chi connectivity index (χ2v) is 4.00. The van der Waals surface area contributed by atoms with Gasteiger partial charge in [0, 0.05) is 25.7 Å². The highest BCUT2D eigenvalue weighted by atomic mass is 16.5. The molecule has 1 saturated heterocycles. The summed E-state index contributed by atoms with van der Waals surface area (Å²) in [5, 5.41) is 3.26. The topological polar surface area (TPSA) is 24.5 Å². The van der Waals surface area contributed by atoms with Gasteiger partial charge < -0.3 is 10.1 Å². The summed E-state index contributed by atoms with van der Waals surface area (Å²) in [6.07, 6.45) is 3.81. The highest BCUT2D eigenvalue weighted by molar-refractivity contribution is 4.80. The Bertz CT molecular complexity index is 141. The molecule has 84 valence electrons. The molecule has 0 aromatic carbocycles. The van der Waals surface area contributed by atoms with Crippen molar-refractivity contribution in [3.63, 3.8) is 0 Å². The smallest absolute Gasteiger partial charge is 0.0593 e. The maximum Gasteiger partial charge on any atom is 0.0593 e. The quantitative estimate of drug-likeness (QED) is 0.623. The number of nitrogens with one attached hydrogen (secondary N) is 1. The van der Waals surface area contributed by atoms with Crippen molar-refractivity contribution in [1.29, 1.82) is 0 Å². The van der Waals surface area contributed by atoms with Gasteiger partial charge in [-0.25, -0.2) is 0 Å². The molecule has 0 aromatic heterocycles. The Morgan fingerprint density at radius 3 is 3.00 bits per heavy atom. The lowest BCUT2D eigenvalue weighted by Gasteiger charge is -2.23. The first-order valence-corrected chi connectivity index (χ1v) is 5.85. The molecule has 1 N–H and O–H groups in total. The van der Waals surface area contributed by atoms with E-state index in [2.05, 4.69) is 17.1 Å². The van der Waals surface area contributed by atoms with Gasteiger partial charge in [0.15, 0.2) is 0 Å². The highest BCUT2D eigenvalue weighted by Gasteiger charge is 2.22. The van der Waals surface area contributed by atoms with E-state index in [4.69, 9.17) is 4.74 Å². The Balaban J connectivity index is 2.09. The van der Waals surface area contributed by atoms with Crippen LogP contribution in [0.2, 0.25) is 0 Å². The largest absolute Gasteiger partial charge is 0.380 e.